The molecule has 0 saturated heterocycles. The van der Waals surface area contributed by atoms with Gasteiger partial charge in [-0.2, -0.15) is 0 Å². The van der Waals surface area contributed by atoms with Gasteiger partial charge in [0.15, 0.2) is 0 Å². The van der Waals surface area contributed by atoms with E-state index >= 15 is 0 Å². The zero-order valence-electron chi connectivity index (χ0n) is 5.00. The van der Waals surface area contributed by atoms with E-state index in [1.807, 2.05) is 0 Å². The zero-order chi connectivity index (χ0) is 6.81. The smallest absolute Gasteiger partial charge is 0 e. The Morgan fingerprint density at radius 3 is 1.10 bits per heavy atom. The van der Waals surface area contributed by atoms with Gasteiger partial charge in [0.25, 0.3) is 0 Å². The molecule has 0 aliphatic heterocycles. The van der Waals surface area contributed by atoms with E-state index in [9.17, 15) is 0 Å². The van der Waals surface area contributed by atoms with E-state index in [0.717, 1.165) is 10.8 Å². The SMILES string of the molecule is [c]1[c][c]c2[c][c][c][c]c2[c]1. The average Bonchev–Trinajstić information content (AvgIpc) is 2.05. The number of benzene rings is 2. The molecule has 0 aromatic heterocycles. The van der Waals surface area contributed by atoms with Crippen LogP contribution < -0.4 is 0 Å². The molecule has 0 amide bonds. The second-order valence-corrected chi connectivity index (χ2v) is 1.75. The molecule has 2 rings (SSSR count). The Balaban J connectivity index is 2.89. The fourth-order valence-corrected chi connectivity index (χ4v) is 0.688. The molecule has 0 aliphatic carbocycles. The molecule has 0 bridgehead atoms. The van der Waals surface area contributed by atoms with Crippen LogP contribution in [0.4, 0.5) is 0 Å². The van der Waals surface area contributed by atoms with Crippen LogP contribution in [-0.4, -0.2) is 0 Å². The van der Waals surface area contributed by atoms with Gasteiger partial charge in [-0.1, -0.05) is 0 Å². The Morgan fingerprint density at radius 1 is 0.500 bits per heavy atom. The minimum Gasteiger partial charge on any atom is 0 e. The van der Waals surface area contributed by atoms with Crippen molar-refractivity contribution in [3.8, 4) is 0 Å². The van der Waals surface area contributed by atoms with E-state index in [0.29, 0.717) is 0 Å². The molecule has 0 aliphatic rings. The van der Waals surface area contributed by atoms with Crippen LogP contribution >= 0.6 is 0 Å². The summed E-state index contributed by atoms with van der Waals surface area (Å²) in [6.07, 6.45) is 0. The van der Waals surface area contributed by atoms with Crippen molar-refractivity contribution in [2.75, 3.05) is 0 Å². The first-order valence-corrected chi connectivity index (χ1v) is 2.75. The molecule has 0 heteroatoms. The highest BCUT2D eigenvalue weighted by molar-refractivity contribution is 5.79. The predicted molar refractivity (Wildman–Crippen MR) is 34.6 cm³/mol. The normalized spacial score (nSPS) is 10.0. The summed E-state index contributed by atoms with van der Waals surface area (Å²) in [4.78, 5) is 0. The van der Waals surface area contributed by atoms with Crippen LogP contribution in [0.5, 0.6) is 0 Å². The highest BCUT2D eigenvalue weighted by atomic mass is 13.9. The summed E-state index contributed by atoms with van der Waals surface area (Å²) in [5.41, 5.74) is 0. The quantitative estimate of drug-likeness (QED) is 0.490. The van der Waals surface area contributed by atoms with Crippen molar-refractivity contribution in [1.82, 2.24) is 0 Å². The lowest BCUT2D eigenvalue weighted by molar-refractivity contribution is 1.66. The second kappa shape index (κ2) is 2.14. The maximum absolute atomic E-state index is 2.80. The number of fused-ring (bicyclic) bond motifs is 1. The number of hydrogen-bond acceptors (Lipinski definition) is 0. The van der Waals surface area contributed by atoms with Crippen LogP contribution in [0.1, 0.15) is 0 Å². The third-order valence-corrected chi connectivity index (χ3v) is 1.12. The van der Waals surface area contributed by atoms with Crippen LogP contribution in [0.25, 0.3) is 10.8 Å². The maximum atomic E-state index is 2.80. The zero-order valence-corrected chi connectivity index (χ0v) is 5.00. The highest BCUT2D eigenvalue weighted by Crippen LogP contribution is 2.07. The van der Waals surface area contributed by atoms with E-state index in [-0.39, 0.29) is 0 Å². The predicted octanol–water partition coefficient (Wildman–Crippen LogP) is 1.24. The van der Waals surface area contributed by atoms with Crippen LogP contribution in [0.3, 0.4) is 0 Å². The van der Waals surface area contributed by atoms with Crippen LogP contribution in [-0.2, 0) is 0 Å². The van der Waals surface area contributed by atoms with Crippen molar-refractivity contribution in [3.05, 3.63) is 48.5 Å². The van der Waals surface area contributed by atoms with Gasteiger partial charge in [-0.25, -0.2) is 0 Å². The Kier molecular flexibility index (Phi) is 1.17. The summed E-state index contributed by atoms with van der Waals surface area (Å²) >= 11 is 0. The lowest BCUT2D eigenvalue weighted by Gasteiger charge is -1.88. The first kappa shape index (κ1) is 5.48. The molecule has 0 saturated carbocycles. The molecular formula is C10. The van der Waals surface area contributed by atoms with Gasteiger partial charge in [-0.05, 0) is 0 Å². The molecule has 0 spiro atoms. The molecule has 0 unspecified atom stereocenters. The molecule has 10 heavy (non-hydrogen) atoms. The van der Waals surface area contributed by atoms with Gasteiger partial charge >= 0.3 is 0 Å². The van der Waals surface area contributed by atoms with Crippen molar-refractivity contribution in [2.45, 2.75) is 0 Å². The monoisotopic (exact) mass is 120 g/mol. The maximum Gasteiger partial charge on any atom is 0 e. The third-order valence-electron chi connectivity index (χ3n) is 1.12. The second-order valence-electron chi connectivity index (χ2n) is 1.75. The molecular weight excluding hydrogens is 120 g/mol. The van der Waals surface area contributed by atoms with Crippen LogP contribution in [0.15, 0.2) is 0 Å². The van der Waals surface area contributed by atoms with Gasteiger partial charge in [-0.3, -0.25) is 0 Å². The largest absolute Gasteiger partial charge is 0 e. The van der Waals surface area contributed by atoms with E-state index in [1.54, 1.807) is 0 Å². The van der Waals surface area contributed by atoms with Gasteiger partial charge in [0, 0.05) is 59.3 Å². The van der Waals surface area contributed by atoms with Crippen molar-refractivity contribution >= 4 is 10.8 Å². The Morgan fingerprint density at radius 2 is 0.800 bits per heavy atom. The minimum absolute atomic E-state index is 0.775. The van der Waals surface area contributed by atoms with Crippen LogP contribution in [0.2, 0.25) is 0 Å². The molecule has 0 nitrogen and oxygen atoms in total. The fourth-order valence-electron chi connectivity index (χ4n) is 0.688. The van der Waals surface area contributed by atoms with E-state index in [1.165, 1.54) is 0 Å². The molecule has 8 radical (unpaired) electrons. The van der Waals surface area contributed by atoms with E-state index < -0.39 is 0 Å². The summed E-state index contributed by atoms with van der Waals surface area (Å²) in [6.45, 7) is 0. The lowest BCUT2D eigenvalue weighted by atomic mass is 10.1. The Hall–Kier alpha value is -1.30. The summed E-state index contributed by atoms with van der Waals surface area (Å²) in [6, 6.07) is 21.8. The summed E-state index contributed by atoms with van der Waals surface area (Å²) in [7, 11) is 0. The highest BCUT2D eigenvalue weighted by Gasteiger charge is 1.89. The van der Waals surface area contributed by atoms with Crippen molar-refractivity contribution < 1.29 is 0 Å². The van der Waals surface area contributed by atoms with E-state index in [4.69, 9.17) is 0 Å². The number of rotatable bonds is 0. The standard InChI is InChI=1S/C10/c1-2-6-10-8-4-3-7-9(10)5-1. The first-order chi connectivity index (χ1) is 4.97. The van der Waals surface area contributed by atoms with Crippen molar-refractivity contribution in [1.29, 1.82) is 0 Å². The molecule has 0 N–H and O–H groups in total. The summed E-state index contributed by atoms with van der Waals surface area (Å²) in [5, 5.41) is 1.55. The van der Waals surface area contributed by atoms with E-state index in [2.05, 4.69) is 48.5 Å². The van der Waals surface area contributed by atoms with Gasteiger partial charge < -0.3 is 0 Å². The molecule has 0 fully saturated rings. The van der Waals surface area contributed by atoms with Gasteiger partial charge in [-0.15, -0.1) is 0 Å². The van der Waals surface area contributed by atoms with Crippen LogP contribution in [0, 0.1) is 48.5 Å². The number of hydrogen-bond donors (Lipinski definition) is 0. The van der Waals surface area contributed by atoms with Gasteiger partial charge in [0.1, 0.15) is 0 Å². The topological polar surface area (TPSA) is 0 Å². The Bertz CT molecular complexity index is 271. The summed E-state index contributed by atoms with van der Waals surface area (Å²) in [5.74, 6) is 0. The summed E-state index contributed by atoms with van der Waals surface area (Å²) < 4.78 is 0. The Labute approximate surface area is 60.1 Å². The molecule has 0 heterocycles. The minimum atomic E-state index is 0.775. The molecule has 2 aromatic carbocycles. The molecule has 2 aromatic rings. The van der Waals surface area contributed by atoms with Crippen molar-refractivity contribution in [2.24, 2.45) is 0 Å². The van der Waals surface area contributed by atoms with Gasteiger partial charge in [0.05, 0.1) is 0 Å². The van der Waals surface area contributed by atoms with Gasteiger partial charge in [0.2, 0.25) is 0 Å². The fraction of sp³-hybridized carbons (Fsp3) is 0. The molecule has 40 valence electrons. The lowest BCUT2D eigenvalue weighted by Crippen LogP contribution is -1.71. The first-order valence-electron chi connectivity index (χ1n) is 2.75. The average molecular weight is 120 g/mol. The van der Waals surface area contributed by atoms with Crippen molar-refractivity contribution in [3.63, 3.8) is 0 Å². The molecule has 0 atom stereocenters. The third kappa shape index (κ3) is 0.781.